The Morgan fingerprint density at radius 2 is 1.10 bits per heavy atom. The van der Waals surface area contributed by atoms with Gasteiger partial charge >= 0.3 is 11.9 Å². The highest BCUT2D eigenvalue weighted by molar-refractivity contribution is 5.90. The number of rotatable bonds is 3. The number of benzene rings is 2. The molecule has 0 radical (unpaired) electrons. The summed E-state index contributed by atoms with van der Waals surface area (Å²) in [4.78, 5) is 21.8. The van der Waals surface area contributed by atoms with E-state index in [1.165, 1.54) is 0 Å². The molecule has 4 nitrogen and oxygen atoms in total. The van der Waals surface area contributed by atoms with Crippen LogP contribution < -0.4 is 0 Å². The molecule has 0 unspecified atom stereocenters. The molecule has 2 aromatic rings. The van der Waals surface area contributed by atoms with E-state index in [9.17, 15) is 9.59 Å². The van der Waals surface area contributed by atoms with Gasteiger partial charge in [-0.05, 0) is 60.4 Å². The van der Waals surface area contributed by atoms with E-state index in [0.29, 0.717) is 0 Å². The topological polar surface area (TPSA) is 74.6 Å². The van der Waals surface area contributed by atoms with Crippen molar-refractivity contribution in [3.05, 3.63) is 58.7 Å². The maximum Gasteiger partial charge on any atom is 0.335 e. The van der Waals surface area contributed by atoms with Gasteiger partial charge in [0.15, 0.2) is 0 Å². The Hall–Kier alpha value is -2.62. The molecule has 2 rings (SSSR count). The zero-order chi connectivity index (χ0) is 14.9. The first-order chi connectivity index (χ1) is 9.40. The lowest BCUT2D eigenvalue weighted by Crippen LogP contribution is -1.99. The Balaban J connectivity index is 2.52. The van der Waals surface area contributed by atoms with Crippen LogP contribution in [0.3, 0.4) is 0 Å². The van der Waals surface area contributed by atoms with Crippen LogP contribution in [0.2, 0.25) is 0 Å². The van der Waals surface area contributed by atoms with E-state index in [0.717, 1.165) is 22.3 Å². The van der Waals surface area contributed by atoms with Gasteiger partial charge in [0.25, 0.3) is 0 Å². The molecule has 0 fully saturated rings. The lowest BCUT2D eigenvalue weighted by atomic mass is 9.94. The number of carboxylic acids is 2. The summed E-state index contributed by atoms with van der Waals surface area (Å²) in [6, 6.07) is 9.83. The number of hydrogen-bond donors (Lipinski definition) is 2. The first-order valence-corrected chi connectivity index (χ1v) is 6.08. The minimum atomic E-state index is -0.961. The number of aryl methyl sites for hydroxylation is 2. The Labute approximate surface area is 116 Å². The van der Waals surface area contributed by atoms with Crippen molar-refractivity contribution >= 4 is 11.9 Å². The van der Waals surface area contributed by atoms with Gasteiger partial charge in [-0.1, -0.05) is 12.1 Å². The first kappa shape index (κ1) is 13.8. The average molecular weight is 270 g/mol. The lowest BCUT2D eigenvalue weighted by Gasteiger charge is -2.11. The van der Waals surface area contributed by atoms with Crippen molar-refractivity contribution in [1.82, 2.24) is 0 Å². The number of hydrogen-bond acceptors (Lipinski definition) is 2. The predicted molar refractivity (Wildman–Crippen MR) is 75.3 cm³/mol. The molecule has 0 aliphatic rings. The van der Waals surface area contributed by atoms with Crippen LogP contribution in [-0.4, -0.2) is 22.2 Å². The fourth-order valence-electron chi connectivity index (χ4n) is 2.20. The number of carbonyl (C=O) groups is 2. The van der Waals surface area contributed by atoms with E-state index in [-0.39, 0.29) is 11.1 Å². The quantitative estimate of drug-likeness (QED) is 0.896. The van der Waals surface area contributed by atoms with E-state index >= 15 is 0 Å². The van der Waals surface area contributed by atoms with Crippen LogP contribution in [0, 0.1) is 13.8 Å². The Morgan fingerprint density at radius 3 is 1.35 bits per heavy atom. The van der Waals surface area contributed by atoms with Gasteiger partial charge in [0.2, 0.25) is 0 Å². The molecule has 102 valence electrons. The fraction of sp³-hybridized carbons (Fsp3) is 0.125. The maximum atomic E-state index is 10.9. The van der Waals surface area contributed by atoms with Gasteiger partial charge < -0.3 is 10.2 Å². The molecule has 2 N–H and O–H groups in total. The molecule has 0 atom stereocenters. The van der Waals surface area contributed by atoms with Crippen LogP contribution in [0.5, 0.6) is 0 Å². The smallest absolute Gasteiger partial charge is 0.335 e. The van der Waals surface area contributed by atoms with Crippen molar-refractivity contribution in [3.8, 4) is 11.1 Å². The minimum absolute atomic E-state index is 0.242. The van der Waals surface area contributed by atoms with Crippen molar-refractivity contribution in [2.45, 2.75) is 13.8 Å². The molecule has 2 aromatic carbocycles. The van der Waals surface area contributed by atoms with E-state index < -0.39 is 11.9 Å². The molecule has 0 aliphatic carbocycles. The molecule has 0 spiro atoms. The zero-order valence-electron chi connectivity index (χ0n) is 11.2. The highest BCUT2D eigenvalue weighted by Crippen LogP contribution is 2.28. The van der Waals surface area contributed by atoms with Crippen molar-refractivity contribution in [2.75, 3.05) is 0 Å². The molecule has 0 heterocycles. The predicted octanol–water partition coefficient (Wildman–Crippen LogP) is 3.37. The van der Waals surface area contributed by atoms with E-state index in [1.807, 2.05) is 13.8 Å². The van der Waals surface area contributed by atoms with E-state index in [1.54, 1.807) is 36.4 Å². The third-order valence-corrected chi connectivity index (χ3v) is 3.24. The molecular formula is C16H14O4. The molecule has 0 amide bonds. The van der Waals surface area contributed by atoms with Gasteiger partial charge in [-0.25, -0.2) is 9.59 Å². The third kappa shape index (κ3) is 2.54. The monoisotopic (exact) mass is 270 g/mol. The Kier molecular flexibility index (Phi) is 3.57. The van der Waals surface area contributed by atoms with Crippen molar-refractivity contribution in [1.29, 1.82) is 0 Å². The minimum Gasteiger partial charge on any atom is -0.478 e. The zero-order valence-corrected chi connectivity index (χ0v) is 11.2. The summed E-state index contributed by atoms with van der Waals surface area (Å²) < 4.78 is 0. The van der Waals surface area contributed by atoms with Crippen LogP contribution >= 0.6 is 0 Å². The summed E-state index contributed by atoms with van der Waals surface area (Å²) in [5, 5.41) is 17.9. The summed E-state index contributed by atoms with van der Waals surface area (Å²) in [5.41, 5.74) is 3.98. The van der Waals surface area contributed by atoms with E-state index in [2.05, 4.69) is 0 Å². The molecule has 4 heteroatoms. The van der Waals surface area contributed by atoms with Gasteiger partial charge in [-0.15, -0.1) is 0 Å². The van der Waals surface area contributed by atoms with Crippen LogP contribution in [0.4, 0.5) is 0 Å². The summed E-state index contributed by atoms with van der Waals surface area (Å²) in [6.45, 7) is 3.68. The molecule has 0 bridgehead atoms. The standard InChI is InChI=1S/C16H14O4/c1-9-7-11(15(17)18)3-5-13(9)14-6-4-12(16(19)20)8-10(14)2/h3-8H,1-2H3,(H,17,18)(H,19,20). The molecule has 0 aromatic heterocycles. The van der Waals surface area contributed by atoms with Crippen molar-refractivity contribution in [2.24, 2.45) is 0 Å². The second-order valence-corrected chi connectivity index (χ2v) is 4.67. The molecule has 0 aliphatic heterocycles. The fourth-order valence-corrected chi connectivity index (χ4v) is 2.20. The first-order valence-electron chi connectivity index (χ1n) is 6.08. The maximum absolute atomic E-state index is 10.9. The van der Waals surface area contributed by atoms with Crippen molar-refractivity contribution < 1.29 is 19.8 Å². The van der Waals surface area contributed by atoms with Gasteiger partial charge in [0.1, 0.15) is 0 Å². The number of carboxylic acid groups (broad SMARTS) is 2. The summed E-state index contributed by atoms with van der Waals surface area (Å²) in [5.74, 6) is -1.92. The van der Waals surface area contributed by atoms with Gasteiger partial charge in [-0.3, -0.25) is 0 Å². The van der Waals surface area contributed by atoms with Crippen LogP contribution in [-0.2, 0) is 0 Å². The second kappa shape index (κ2) is 5.17. The van der Waals surface area contributed by atoms with Gasteiger partial charge in [-0.2, -0.15) is 0 Å². The van der Waals surface area contributed by atoms with E-state index in [4.69, 9.17) is 10.2 Å². The second-order valence-electron chi connectivity index (χ2n) is 4.67. The largest absolute Gasteiger partial charge is 0.478 e. The highest BCUT2D eigenvalue weighted by Gasteiger charge is 2.11. The SMILES string of the molecule is Cc1cc(C(=O)O)ccc1-c1ccc(C(=O)O)cc1C. The Bertz CT molecular complexity index is 640. The summed E-state index contributed by atoms with van der Waals surface area (Å²) >= 11 is 0. The van der Waals surface area contributed by atoms with Gasteiger partial charge in [0.05, 0.1) is 11.1 Å². The average Bonchev–Trinajstić information content (AvgIpc) is 2.38. The molecular weight excluding hydrogens is 256 g/mol. The summed E-state index contributed by atoms with van der Waals surface area (Å²) in [6.07, 6.45) is 0. The molecule has 0 saturated carbocycles. The van der Waals surface area contributed by atoms with Crippen LogP contribution in [0.1, 0.15) is 31.8 Å². The molecule has 20 heavy (non-hydrogen) atoms. The van der Waals surface area contributed by atoms with Gasteiger partial charge in [0, 0.05) is 0 Å². The lowest BCUT2D eigenvalue weighted by molar-refractivity contribution is 0.0686. The van der Waals surface area contributed by atoms with Crippen molar-refractivity contribution in [3.63, 3.8) is 0 Å². The Morgan fingerprint density at radius 1 is 0.750 bits per heavy atom. The third-order valence-electron chi connectivity index (χ3n) is 3.24. The summed E-state index contributed by atoms with van der Waals surface area (Å²) in [7, 11) is 0. The highest BCUT2D eigenvalue weighted by atomic mass is 16.4. The van der Waals surface area contributed by atoms with Crippen LogP contribution in [0.25, 0.3) is 11.1 Å². The van der Waals surface area contributed by atoms with Crippen LogP contribution in [0.15, 0.2) is 36.4 Å². The normalized spacial score (nSPS) is 10.3. The molecule has 0 saturated heterocycles. The number of aromatic carboxylic acids is 2.